The number of hydrogen-bond acceptors (Lipinski definition) is 5. The molecule has 0 spiro atoms. The highest BCUT2D eigenvalue weighted by Gasteiger charge is 2.55. The van der Waals surface area contributed by atoms with Crippen molar-refractivity contribution in [2.24, 2.45) is 0 Å². The van der Waals surface area contributed by atoms with Gasteiger partial charge in [0.2, 0.25) is 0 Å². The van der Waals surface area contributed by atoms with Crippen LogP contribution in [0, 0.1) is 0 Å². The second kappa shape index (κ2) is 11.1. The molecule has 0 aliphatic rings. The van der Waals surface area contributed by atoms with Gasteiger partial charge in [0.05, 0.1) is 5.69 Å². The van der Waals surface area contributed by atoms with Crippen LogP contribution in [-0.2, 0) is 0 Å². The smallest absolute Gasteiger partial charge is 0.457 e. The Bertz CT molecular complexity index is 1620. The fourth-order valence-electron chi connectivity index (χ4n) is 3.63. The van der Waals surface area contributed by atoms with Crippen molar-refractivity contribution in [3.05, 3.63) is 115 Å². The Hall–Kier alpha value is -5.19. The number of benzene rings is 4. The molecule has 0 radical (unpaired) electrons. The molecule has 0 fully saturated rings. The minimum atomic E-state index is -4.65. The number of para-hydroxylation sites is 1. The molecule has 0 bridgehead atoms. The molecule has 0 saturated heterocycles. The quantitative estimate of drug-likeness (QED) is 0.187. The van der Waals surface area contributed by atoms with E-state index in [-0.39, 0.29) is 12.8 Å². The first-order chi connectivity index (χ1) is 19.6. The molecule has 7 nitrogen and oxygen atoms in total. The van der Waals surface area contributed by atoms with Crippen molar-refractivity contribution >= 4 is 11.6 Å². The van der Waals surface area contributed by atoms with Gasteiger partial charge in [-0.15, -0.1) is 5.10 Å². The number of amides is 1. The van der Waals surface area contributed by atoms with Gasteiger partial charge in [-0.05, 0) is 84.9 Å². The summed E-state index contributed by atoms with van der Waals surface area (Å²) in [6, 6.07) is 28.0. The largest absolute Gasteiger partial charge is 0.463 e. The molecule has 0 saturated carbocycles. The molecular formula is C30H22F4N4O3. The van der Waals surface area contributed by atoms with Crippen LogP contribution in [0.4, 0.5) is 23.2 Å². The number of carbonyl (C=O) groups is 1. The van der Waals surface area contributed by atoms with E-state index in [4.69, 9.17) is 4.74 Å². The molecule has 5 aromatic rings. The zero-order valence-corrected chi connectivity index (χ0v) is 21.5. The van der Waals surface area contributed by atoms with Crippen molar-refractivity contribution in [2.75, 3.05) is 5.32 Å². The lowest BCUT2D eigenvalue weighted by Crippen LogP contribution is -2.42. The van der Waals surface area contributed by atoms with E-state index in [0.717, 1.165) is 12.1 Å². The van der Waals surface area contributed by atoms with Gasteiger partial charge >= 0.3 is 12.0 Å². The lowest BCUT2D eigenvalue weighted by Gasteiger charge is -2.23. The summed E-state index contributed by atoms with van der Waals surface area (Å²) >= 11 is 0. The van der Waals surface area contributed by atoms with Gasteiger partial charge in [-0.1, -0.05) is 18.2 Å². The van der Waals surface area contributed by atoms with E-state index < -0.39 is 17.8 Å². The fourth-order valence-corrected chi connectivity index (χ4v) is 3.63. The average molecular weight is 563 g/mol. The number of anilines is 1. The Morgan fingerprint density at radius 2 is 1.39 bits per heavy atom. The van der Waals surface area contributed by atoms with Crippen LogP contribution in [0.2, 0.25) is 0 Å². The SMILES string of the molecule is CC(F)(F)C(F)(F)Oc1ccc(-n2cnc(-c3ccc(NC(=O)c4ccc(Oc5ccccc5)cc4)cc3)n2)cc1. The summed E-state index contributed by atoms with van der Waals surface area (Å²) in [5, 5.41) is 7.20. The van der Waals surface area contributed by atoms with E-state index in [9.17, 15) is 22.4 Å². The fraction of sp³-hybridized carbons (Fsp3) is 0.100. The van der Waals surface area contributed by atoms with Gasteiger partial charge in [-0.25, -0.2) is 9.67 Å². The van der Waals surface area contributed by atoms with Crippen molar-refractivity contribution in [2.45, 2.75) is 19.0 Å². The number of hydrogen-bond donors (Lipinski definition) is 1. The Labute approximate surface area is 232 Å². The lowest BCUT2D eigenvalue weighted by molar-refractivity contribution is -0.301. The maximum atomic E-state index is 13.5. The third-order valence-electron chi connectivity index (χ3n) is 5.85. The highest BCUT2D eigenvalue weighted by molar-refractivity contribution is 6.04. The maximum absolute atomic E-state index is 13.5. The molecular weight excluding hydrogens is 540 g/mol. The number of carbonyl (C=O) groups excluding carboxylic acids is 1. The van der Waals surface area contributed by atoms with Gasteiger partial charge in [0.15, 0.2) is 5.82 Å². The number of ether oxygens (including phenoxy) is 2. The van der Waals surface area contributed by atoms with Crippen LogP contribution in [0.25, 0.3) is 17.1 Å². The third kappa shape index (κ3) is 6.52. The van der Waals surface area contributed by atoms with Crippen molar-refractivity contribution in [1.29, 1.82) is 0 Å². The first-order valence-corrected chi connectivity index (χ1v) is 12.3. The van der Waals surface area contributed by atoms with Crippen molar-refractivity contribution in [3.63, 3.8) is 0 Å². The summed E-state index contributed by atoms with van der Waals surface area (Å²) in [5.74, 6) is -3.38. The Morgan fingerprint density at radius 1 is 0.780 bits per heavy atom. The van der Waals surface area contributed by atoms with Crippen LogP contribution >= 0.6 is 0 Å². The molecule has 1 amide bonds. The lowest BCUT2D eigenvalue weighted by atomic mass is 10.1. The molecule has 0 aliphatic heterocycles. The van der Waals surface area contributed by atoms with E-state index in [0.29, 0.717) is 39.8 Å². The third-order valence-corrected chi connectivity index (χ3v) is 5.85. The van der Waals surface area contributed by atoms with Crippen molar-refractivity contribution in [1.82, 2.24) is 14.8 Å². The number of aromatic nitrogens is 3. The molecule has 208 valence electrons. The number of halogens is 4. The first kappa shape index (κ1) is 27.4. The predicted molar refractivity (Wildman–Crippen MR) is 144 cm³/mol. The Balaban J connectivity index is 1.20. The topological polar surface area (TPSA) is 78.3 Å². The van der Waals surface area contributed by atoms with E-state index in [1.54, 1.807) is 48.5 Å². The number of alkyl halides is 4. The molecule has 4 aromatic carbocycles. The highest BCUT2D eigenvalue weighted by Crippen LogP contribution is 2.36. The molecule has 0 atom stereocenters. The molecule has 0 unspecified atom stereocenters. The van der Waals surface area contributed by atoms with Gasteiger partial charge in [0.25, 0.3) is 5.91 Å². The molecule has 1 N–H and O–H groups in total. The summed E-state index contributed by atoms with van der Waals surface area (Å²) in [6.07, 6.45) is -3.23. The molecule has 11 heteroatoms. The van der Waals surface area contributed by atoms with Gasteiger partial charge in [0.1, 0.15) is 23.6 Å². The number of rotatable bonds is 9. The van der Waals surface area contributed by atoms with Gasteiger partial charge in [-0.3, -0.25) is 4.79 Å². The minimum Gasteiger partial charge on any atom is -0.457 e. The highest BCUT2D eigenvalue weighted by atomic mass is 19.3. The molecule has 41 heavy (non-hydrogen) atoms. The number of nitrogens with one attached hydrogen (secondary N) is 1. The minimum absolute atomic E-state index is 0.0837. The van der Waals surface area contributed by atoms with Crippen LogP contribution in [-0.4, -0.2) is 32.7 Å². The molecule has 0 aliphatic carbocycles. The zero-order valence-electron chi connectivity index (χ0n) is 21.5. The summed E-state index contributed by atoms with van der Waals surface area (Å²) < 4.78 is 64.3. The van der Waals surface area contributed by atoms with Crippen LogP contribution in [0.15, 0.2) is 109 Å². The van der Waals surface area contributed by atoms with Crippen LogP contribution < -0.4 is 14.8 Å². The standard InChI is InChI=1S/C30H22F4N4O3/c1-29(31,32)30(33,34)41-26-17-13-23(14-18-26)38-19-35-27(37-38)20-7-11-22(12-8-20)36-28(39)21-9-15-25(16-10-21)40-24-5-3-2-4-6-24/h2-19H,1H3,(H,36,39). The Morgan fingerprint density at radius 3 is 2.02 bits per heavy atom. The Kier molecular flexibility index (Phi) is 7.43. The molecule has 1 aromatic heterocycles. The second-order valence-corrected chi connectivity index (χ2v) is 8.98. The van der Waals surface area contributed by atoms with E-state index >= 15 is 0 Å². The first-order valence-electron chi connectivity index (χ1n) is 12.3. The van der Waals surface area contributed by atoms with Gasteiger partial charge < -0.3 is 14.8 Å². The van der Waals surface area contributed by atoms with Crippen LogP contribution in [0.3, 0.4) is 0 Å². The monoisotopic (exact) mass is 562 g/mol. The van der Waals surface area contributed by atoms with Crippen LogP contribution in [0.5, 0.6) is 17.2 Å². The zero-order chi connectivity index (χ0) is 29.0. The second-order valence-electron chi connectivity index (χ2n) is 8.98. The van der Waals surface area contributed by atoms with Crippen molar-refractivity contribution in [3.8, 4) is 34.3 Å². The van der Waals surface area contributed by atoms with Crippen molar-refractivity contribution < 1.29 is 31.8 Å². The predicted octanol–water partition coefficient (Wildman–Crippen LogP) is 7.61. The average Bonchev–Trinajstić information content (AvgIpc) is 3.44. The van der Waals surface area contributed by atoms with E-state index in [1.807, 2.05) is 30.3 Å². The van der Waals surface area contributed by atoms with Crippen LogP contribution in [0.1, 0.15) is 17.3 Å². The summed E-state index contributed by atoms with van der Waals surface area (Å²) in [4.78, 5) is 16.9. The maximum Gasteiger partial charge on any atom is 0.463 e. The van der Waals surface area contributed by atoms with Gasteiger partial charge in [-0.2, -0.15) is 17.6 Å². The van der Waals surface area contributed by atoms with E-state index in [1.165, 1.54) is 23.1 Å². The summed E-state index contributed by atoms with van der Waals surface area (Å²) in [7, 11) is 0. The van der Waals surface area contributed by atoms with E-state index in [2.05, 4.69) is 20.1 Å². The summed E-state index contributed by atoms with van der Waals surface area (Å²) in [5.41, 5.74) is 2.13. The number of nitrogens with zero attached hydrogens (tertiary/aromatic N) is 3. The molecule has 1 heterocycles. The normalized spacial score (nSPS) is 11.6. The molecule has 5 rings (SSSR count). The van der Waals surface area contributed by atoms with Gasteiger partial charge in [0, 0.05) is 23.7 Å². The summed E-state index contributed by atoms with van der Waals surface area (Å²) in [6.45, 7) is 0.0837.